The van der Waals surface area contributed by atoms with Gasteiger partial charge in [0.25, 0.3) is 5.91 Å². The zero-order valence-corrected chi connectivity index (χ0v) is 17.1. The minimum Gasteiger partial charge on any atom is -0.352 e. The van der Waals surface area contributed by atoms with Crippen LogP contribution in [0.5, 0.6) is 0 Å². The van der Waals surface area contributed by atoms with E-state index in [1.807, 2.05) is 30.5 Å². The predicted molar refractivity (Wildman–Crippen MR) is 112 cm³/mol. The van der Waals surface area contributed by atoms with Crippen LogP contribution in [0.25, 0.3) is 0 Å². The third-order valence-corrected chi connectivity index (χ3v) is 5.46. The standard InChI is InChI=1S/C22H37NOS/c1-3-4-5-6-7-8-9-10-11-12-13-16-19-23-22(24)20-17-14-15-18-21(20)25-2/h14-15,17-18H,3-13,16,19H2,1-2H3,(H,23,24). The van der Waals surface area contributed by atoms with Crippen molar-refractivity contribution in [3.8, 4) is 0 Å². The monoisotopic (exact) mass is 363 g/mol. The normalized spacial score (nSPS) is 10.8. The topological polar surface area (TPSA) is 29.1 Å². The van der Waals surface area contributed by atoms with Crippen molar-refractivity contribution in [3.05, 3.63) is 29.8 Å². The number of thioether (sulfide) groups is 1. The smallest absolute Gasteiger partial charge is 0.252 e. The molecule has 0 aliphatic rings. The Morgan fingerprint density at radius 1 is 0.840 bits per heavy atom. The Kier molecular flexibility index (Phi) is 13.5. The lowest BCUT2D eigenvalue weighted by Gasteiger charge is -2.08. The fourth-order valence-corrected chi connectivity index (χ4v) is 3.69. The molecule has 1 rings (SSSR count). The van der Waals surface area contributed by atoms with Gasteiger partial charge in [-0.1, -0.05) is 89.7 Å². The second-order valence-electron chi connectivity index (χ2n) is 6.85. The van der Waals surface area contributed by atoms with E-state index >= 15 is 0 Å². The molecular weight excluding hydrogens is 326 g/mol. The van der Waals surface area contributed by atoms with Gasteiger partial charge in [0, 0.05) is 11.4 Å². The molecule has 0 radical (unpaired) electrons. The number of unbranched alkanes of at least 4 members (excludes halogenated alkanes) is 11. The van der Waals surface area contributed by atoms with Crippen molar-refractivity contribution in [1.29, 1.82) is 0 Å². The van der Waals surface area contributed by atoms with Crippen LogP contribution in [0, 0.1) is 0 Å². The molecule has 0 saturated carbocycles. The molecule has 0 unspecified atom stereocenters. The molecule has 0 atom stereocenters. The first-order valence-corrected chi connectivity index (χ1v) is 11.4. The molecule has 1 amide bonds. The van der Waals surface area contributed by atoms with Crippen LogP contribution in [0.2, 0.25) is 0 Å². The maximum atomic E-state index is 12.2. The van der Waals surface area contributed by atoms with Crippen molar-refractivity contribution in [2.45, 2.75) is 88.9 Å². The first-order chi connectivity index (χ1) is 12.3. The third-order valence-electron chi connectivity index (χ3n) is 4.67. The Morgan fingerprint density at radius 2 is 1.36 bits per heavy atom. The lowest BCUT2D eigenvalue weighted by atomic mass is 10.1. The van der Waals surface area contributed by atoms with Crippen molar-refractivity contribution < 1.29 is 4.79 Å². The molecule has 0 spiro atoms. The van der Waals surface area contributed by atoms with Gasteiger partial charge < -0.3 is 5.32 Å². The number of benzene rings is 1. The third kappa shape index (κ3) is 10.6. The number of carbonyl (C=O) groups excluding carboxylic acids is 1. The maximum Gasteiger partial charge on any atom is 0.252 e. The molecule has 3 heteroatoms. The van der Waals surface area contributed by atoms with E-state index < -0.39 is 0 Å². The van der Waals surface area contributed by atoms with Crippen LogP contribution in [0.3, 0.4) is 0 Å². The van der Waals surface area contributed by atoms with Gasteiger partial charge in [0.15, 0.2) is 0 Å². The Labute approximate surface area is 159 Å². The summed E-state index contributed by atoms with van der Waals surface area (Å²) >= 11 is 1.62. The van der Waals surface area contributed by atoms with Gasteiger partial charge in [-0.15, -0.1) is 11.8 Å². The second-order valence-corrected chi connectivity index (χ2v) is 7.69. The first-order valence-electron chi connectivity index (χ1n) is 10.2. The summed E-state index contributed by atoms with van der Waals surface area (Å²) in [5, 5.41) is 3.06. The minimum atomic E-state index is 0.0630. The zero-order chi connectivity index (χ0) is 18.2. The molecule has 0 fully saturated rings. The van der Waals surface area contributed by atoms with E-state index in [1.165, 1.54) is 70.6 Å². The quantitative estimate of drug-likeness (QED) is 0.273. The van der Waals surface area contributed by atoms with Gasteiger partial charge in [-0.05, 0) is 24.8 Å². The SMILES string of the molecule is CCCCCCCCCCCCCCNC(=O)c1ccccc1SC. The average Bonchev–Trinajstić information content (AvgIpc) is 2.65. The van der Waals surface area contributed by atoms with Crippen LogP contribution < -0.4 is 5.32 Å². The summed E-state index contributed by atoms with van der Waals surface area (Å²) < 4.78 is 0. The van der Waals surface area contributed by atoms with E-state index in [1.54, 1.807) is 11.8 Å². The minimum absolute atomic E-state index is 0.0630. The highest BCUT2D eigenvalue weighted by Gasteiger charge is 2.08. The number of nitrogens with one attached hydrogen (secondary N) is 1. The summed E-state index contributed by atoms with van der Waals surface area (Å²) in [4.78, 5) is 13.3. The molecule has 25 heavy (non-hydrogen) atoms. The largest absolute Gasteiger partial charge is 0.352 e. The van der Waals surface area contributed by atoms with E-state index in [9.17, 15) is 4.79 Å². The van der Waals surface area contributed by atoms with Crippen molar-refractivity contribution >= 4 is 17.7 Å². The average molecular weight is 364 g/mol. The fraction of sp³-hybridized carbons (Fsp3) is 0.682. The van der Waals surface area contributed by atoms with Crippen molar-refractivity contribution in [3.63, 3.8) is 0 Å². The molecule has 142 valence electrons. The summed E-state index contributed by atoms with van der Waals surface area (Å²) in [6.45, 7) is 3.06. The fourth-order valence-electron chi connectivity index (χ4n) is 3.10. The number of rotatable bonds is 15. The molecular formula is C22H37NOS. The highest BCUT2D eigenvalue weighted by atomic mass is 32.2. The van der Waals surface area contributed by atoms with E-state index in [4.69, 9.17) is 0 Å². The lowest BCUT2D eigenvalue weighted by Crippen LogP contribution is -2.24. The molecule has 0 aliphatic carbocycles. The summed E-state index contributed by atoms with van der Waals surface area (Å²) in [5.41, 5.74) is 0.800. The van der Waals surface area contributed by atoms with Gasteiger partial charge in [-0.25, -0.2) is 0 Å². The van der Waals surface area contributed by atoms with Gasteiger partial charge in [0.2, 0.25) is 0 Å². The Bertz CT molecular complexity index is 461. The number of hydrogen-bond donors (Lipinski definition) is 1. The van der Waals surface area contributed by atoms with Crippen molar-refractivity contribution in [2.75, 3.05) is 12.8 Å². The molecule has 0 saturated heterocycles. The molecule has 0 heterocycles. The molecule has 0 aliphatic heterocycles. The van der Waals surface area contributed by atoms with Gasteiger partial charge >= 0.3 is 0 Å². The highest BCUT2D eigenvalue weighted by Crippen LogP contribution is 2.19. The number of amides is 1. The van der Waals surface area contributed by atoms with Crippen molar-refractivity contribution in [2.24, 2.45) is 0 Å². The molecule has 0 aromatic heterocycles. The van der Waals surface area contributed by atoms with Crippen molar-refractivity contribution in [1.82, 2.24) is 5.32 Å². The van der Waals surface area contributed by atoms with E-state index in [0.717, 1.165) is 23.4 Å². The van der Waals surface area contributed by atoms with Crippen LogP contribution in [-0.2, 0) is 0 Å². The van der Waals surface area contributed by atoms with Crippen LogP contribution in [0.4, 0.5) is 0 Å². The Morgan fingerprint density at radius 3 is 1.92 bits per heavy atom. The van der Waals surface area contributed by atoms with Crippen LogP contribution in [0.1, 0.15) is 94.3 Å². The number of carbonyl (C=O) groups is 1. The molecule has 0 bridgehead atoms. The van der Waals surface area contributed by atoms with Gasteiger partial charge in [-0.3, -0.25) is 4.79 Å². The Balaban J connectivity index is 1.94. The highest BCUT2D eigenvalue weighted by molar-refractivity contribution is 7.98. The maximum absolute atomic E-state index is 12.2. The summed E-state index contributed by atoms with van der Waals surface area (Å²) in [5.74, 6) is 0.0630. The molecule has 1 N–H and O–H groups in total. The Hall–Kier alpha value is -0.960. The number of hydrogen-bond acceptors (Lipinski definition) is 2. The zero-order valence-electron chi connectivity index (χ0n) is 16.3. The summed E-state index contributed by atoms with van der Waals surface area (Å²) in [7, 11) is 0. The van der Waals surface area contributed by atoms with Gasteiger partial charge in [-0.2, -0.15) is 0 Å². The predicted octanol–water partition coefficient (Wildman–Crippen LogP) is 6.84. The van der Waals surface area contributed by atoms with Crippen LogP contribution >= 0.6 is 11.8 Å². The van der Waals surface area contributed by atoms with E-state index in [0.29, 0.717) is 0 Å². The molecule has 2 nitrogen and oxygen atoms in total. The van der Waals surface area contributed by atoms with Gasteiger partial charge in [0.1, 0.15) is 0 Å². The van der Waals surface area contributed by atoms with Crippen LogP contribution in [0.15, 0.2) is 29.2 Å². The molecule has 1 aromatic rings. The van der Waals surface area contributed by atoms with E-state index in [-0.39, 0.29) is 5.91 Å². The first kappa shape index (κ1) is 22.1. The van der Waals surface area contributed by atoms with Gasteiger partial charge in [0.05, 0.1) is 5.56 Å². The summed E-state index contributed by atoms with van der Waals surface area (Å²) in [6, 6.07) is 7.82. The van der Waals surface area contributed by atoms with E-state index in [2.05, 4.69) is 12.2 Å². The summed E-state index contributed by atoms with van der Waals surface area (Å²) in [6.07, 6.45) is 18.2. The van der Waals surface area contributed by atoms with Crippen LogP contribution in [-0.4, -0.2) is 18.7 Å². The molecule has 1 aromatic carbocycles. The second kappa shape index (κ2) is 15.3. The lowest BCUT2D eigenvalue weighted by molar-refractivity contribution is 0.0950.